The van der Waals surface area contributed by atoms with Gasteiger partial charge in [0, 0.05) is 39.7 Å². The zero-order chi connectivity index (χ0) is 26.7. The van der Waals surface area contributed by atoms with Crippen molar-refractivity contribution in [3.05, 3.63) is 82.7 Å². The monoisotopic (exact) mass is 510 g/mol. The molecule has 4 rings (SSSR count). The first kappa shape index (κ1) is 27.0. The fraction of sp³-hybridized carbons (Fsp3) is 0.419. The summed E-state index contributed by atoms with van der Waals surface area (Å²) in [4.78, 5) is 9.10. The second-order valence-corrected chi connectivity index (χ2v) is 10.1. The van der Waals surface area contributed by atoms with Gasteiger partial charge in [-0.2, -0.15) is 0 Å². The molecule has 0 radical (unpaired) electrons. The molecular formula is C31H34F4N2. The van der Waals surface area contributed by atoms with Crippen LogP contribution in [0.1, 0.15) is 88.8 Å². The van der Waals surface area contributed by atoms with Crippen LogP contribution in [0, 0.1) is 23.3 Å². The van der Waals surface area contributed by atoms with Gasteiger partial charge in [-0.1, -0.05) is 58.7 Å². The van der Waals surface area contributed by atoms with E-state index in [9.17, 15) is 0 Å². The molecule has 0 aliphatic heterocycles. The van der Waals surface area contributed by atoms with E-state index in [0.717, 1.165) is 27.4 Å². The molecule has 0 amide bonds. The molecule has 2 aromatic carbocycles. The Hall–Kier alpha value is -3.02. The molecule has 0 fully saturated rings. The SMILES string of the molecule is CCCC(CCC)(Cc1cnc2c(ccc3cccnc32)c1)c1c(F)c(F)c(C(CC)CC)c(F)c1F. The summed E-state index contributed by atoms with van der Waals surface area (Å²) < 4.78 is 62.5. The summed E-state index contributed by atoms with van der Waals surface area (Å²) in [5, 5.41) is 1.82. The van der Waals surface area contributed by atoms with Crippen LogP contribution in [-0.2, 0) is 11.8 Å². The maximum absolute atomic E-state index is 15.8. The standard InChI is InChI=1S/C31H34F4N2/c1-5-13-31(14-6-2,24-27(34)25(32)23(20(7-3)8-4)26(33)28(24)35)17-19-16-22-12-11-21-10-9-15-36-29(21)30(22)37-18-19/h9-12,15-16,18,20H,5-8,13-14,17H2,1-4H3. The van der Waals surface area contributed by atoms with E-state index in [1.54, 1.807) is 26.2 Å². The summed E-state index contributed by atoms with van der Waals surface area (Å²) in [6, 6.07) is 9.68. The summed E-state index contributed by atoms with van der Waals surface area (Å²) >= 11 is 0. The lowest BCUT2D eigenvalue weighted by molar-refractivity contribution is 0.304. The molecule has 0 spiro atoms. The Kier molecular flexibility index (Phi) is 8.15. The zero-order valence-corrected chi connectivity index (χ0v) is 22.0. The highest BCUT2D eigenvalue weighted by molar-refractivity contribution is 6.02. The lowest BCUT2D eigenvalue weighted by Crippen LogP contribution is -2.33. The third-order valence-corrected chi connectivity index (χ3v) is 7.70. The third-order valence-electron chi connectivity index (χ3n) is 7.70. The largest absolute Gasteiger partial charge is 0.254 e. The molecule has 0 aliphatic rings. The highest BCUT2D eigenvalue weighted by Crippen LogP contribution is 2.44. The molecule has 0 saturated heterocycles. The van der Waals surface area contributed by atoms with Crippen LogP contribution in [0.5, 0.6) is 0 Å². The Labute approximate surface area is 216 Å². The second-order valence-electron chi connectivity index (χ2n) is 10.1. The van der Waals surface area contributed by atoms with Gasteiger partial charge in [0.1, 0.15) is 0 Å². The van der Waals surface area contributed by atoms with Crippen molar-refractivity contribution in [1.82, 2.24) is 9.97 Å². The van der Waals surface area contributed by atoms with Crippen molar-refractivity contribution < 1.29 is 17.6 Å². The molecule has 0 saturated carbocycles. The zero-order valence-electron chi connectivity index (χ0n) is 22.0. The Morgan fingerprint density at radius 1 is 0.757 bits per heavy atom. The Morgan fingerprint density at radius 2 is 1.35 bits per heavy atom. The molecule has 6 heteroatoms. The molecule has 0 bridgehead atoms. The minimum Gasteiger partial charge on any atom is -0.254 e. The molecule has 0 N–H and O–H groups in total. The van der Waals surface area contributed by atoms with Gasteiger partial charge in [0.25, 0.3) is 0 Å². The van der Waals surface area contributed by atoms with E-state index >= 15 is 17.6 Å². The third kappa shape index (κ3) is 4.83. The van der Waals surface area contributed by atoms with Crippen LogP contribution in [-0.4, -0.2) is 9.97 Å². The van der Waals surface area contributed by atoms with Gasteiger partial charge in [0.2, 0.25) is 0 Å². The predicted octanol–water partition coefficient (Wildman–Crippen LogP) is 9.32. The maximum atomic E-state index is 15.8. The normalized spacial score (nSPS) is 12.2. The van der Waals surface area contributed by atoms with Crippen LogP contribution in [0.4, 0.5) is 17.6 Å². The van der Waals surface area contributed by atoms with Gasteiger partial charge < -0.3 is 0 Å². The van der Waals surface area contributed by atoms with Crippen molar-refractivity contribution in [1.29, 1.82) is 0 Å². The van der Waals surface area contributed by atoms with Crippen molar-refractivity contribution in [2.24, 2.45) is 0 Å². The van der Waals surface area contributed by atoms with Gasteiger partial charge in [-0.15, -0.1) is 0 Å². The molecule has 2 nitrogen and oxygen atoms in total. The number of rotatable bonds is 10. The first-order valence-electron chi connectivity index (χ1n) is 13.3. The van der Waals surface area contributed by atoms with Crippen molar-refractivity contribution in [2.45, 2.75) is 84.0 Å². The number of hydrogen-bond acceptors (Lipinski definition) is 2. The summed E-state index contributed by atoms with van der Waals surface area (Å²) in [7, 11) is 0. The number of aromatic nitrogens is 2. The topological polar surface area (TPSA) is 25.8 Å². The minimum absolute atomic E-state index is 0.217. The average molecular weight is 511 g/mol. The van der Waals surface area contributed by atoms with Gasteiger partial charge in [0.15, 0.2) is 23.3 Å². The number of halogens is 4. The minimum atomic E-state index is -1.26. The lowest BCUT2D eigenvalue weighted by atomic mass is 9.68. The predicted molar refractivity (Wildman–Crippen MR) is 142 cm³/mol. The molecule has 196 valence electrons. The summed E-state index contributed by atoms with van der Waals surface area (Å²) in [6.45, 7) is 7.37. The smallest absolute Gasteiger partial charge is 0.166 e. The second kappa shape index (κ2) is 11.2. The van der Waals surface area contributed by atoms with Gasteiger partial charge in [-0.25, -0.2) is 17.6 Å². The number of nitrogens with zero attached hydrogens (tertiary/aromatic N) is 2. The first-order chi connectivity index (χ1) is 17.8. The highest BCUT2D eigenvalue weighted by atomic mass is 19.2. The quantitative estimate of drug-likeness (QED) is 0.121. The fourth-order valence-corrected chi connectivity index (χ4v) is 6.04. The van der Waals surface area contributed by atoms with Gasteiger partial charge in [-0.3, -0.25) is 9.97 Å². The van der Waals surface area contributed by atoms with Gasteiger partial charge in [-0.05, 0) is 55.7 Å². The summed E-state index contributed by atoms with van der Waals surface area (Å²) in [5.41, 5.74) is 0.212. The summed E-state index contributed by atoms with van der Waals surface area (Å²) in [6.07, 6.45) is 6.38. The molecule has 0 atom stereocenters. The molecule has 37 heavy (non-hydrogen) atoms. The number of pyridine rings is 2. The number of benzene rings is 2. The van der Waals surface area contributed by atoms with E-state index in [4.69, 9.17) is 0 Å². The van der Waals surface area contributed by atoms with Crippen molar-refractivity contribution in [2.75, 3.05) is 0 Å². The molecule has 2 aromatic heterocycles. The maximum Gasteiger partial charge on any atom is 0.166 e. The van der Waals surface area contributed by atoms with Crippen molar-refractivity contribution in [3.63, 3.8) is 0 Å². The van der Waals surface area contributed by atoms with E-state index in [-0.39, 0.29) is 6.42 Å². The van der Waals surface area contributed by atoms with Gasteiger partial charge in [0.05, 0.1) is 11.0 Å². The van der Waals surface area contributed by atoms with Gasteiger partial charge >= 0.3 is 0 Å². The number of fused-ring (bicyclic) bond motifs is 3. The highest BCUT2D eigenvalue weighted by Gasteiger charge is 2.41. The molecule has 4 aromatic rings. The Balaban J connectivity index is 1.89. The molecular weight excluding hydrogens is 476 g/mol. The van der Waals surface area contributed by atoms with E-state index < -0.39 is 45.7 Å². The van der Waals surface area contributed by atoms with Crippen LogP contribution in [0.25, 0.3) is 21.8 Å². The van der Waals surface area contributed by atoms with E-state index in [1.807, 2.05) is 44.2 Å². The Morgan fingerprint density at radius 3 is 1.95 bits per heavy atom. The van der Waals surface area contributed by atoms with Crippen LogP contribution in [0.15, 0.2) is 42.7 Å². The lowest BCUT2D eigenvalue weighted by Gasteiger charge is -2.36. The van der Waals surface area contributed by atoms with Crippen molar-refractivity contribution >= 4 is 21.8 Å². The average Bonchev–Trinajstić information content (AvgIpc) is 2.90. The molecule has 2 heterocycles. The Bertz CT molecular complexity index is 1380. The summed E-state index contributed by atoms with van der Waals surface area (Å²) in [5.74, 6) is -5.61. The van der Waals surface area contributed by atoms with Crippen LogP contribution >= 0.6 is 0 Å². The molecule has 0 aliphatic carbocycles. The van der Waals surface area contributed by atoms with E-state index in [2.05, 4.69) is 9.97 Å². The van der Waals surface area contributed by atoms with E-state index in [0.29, 0.717) is 38.5 Å². The first-order valence-corrected chi connectivity index (χ1v) is 13.3. The van der Waals surface area contributed by atoms with Crippen LogP contribution in [0.3, 0.4) is 0 Å². The van der Waals surface area contributed by atoms with Crippen LogP contribution < -0.4 is 0 Å². The fourth-order valence-electron chi connectivity index (χ4n) is 6.04. The van der Waals surface area contributed by atoms with Crippen molar-refractivity contribution in [3.8, 4) is 0 Å². The van der Waals surface area contributed by atoms with Crippen LogP contribution in [0.2, 0.25) is 0 Å². The van der Waals surface area contributed by atoms with E-state index in [1.165, 1.54) is 0 Å². The number of hydrogen-bond donors (Lipinski definition) is 0. The molecule has 0 unspecified atom stereocenters.